The molecule has 18 heavy (non-hydrogen) atoms. The summed E-state index contributed by atoms with van der Waals surface area (Å²) in [4.78, 5) is 11.7. The summed E-state index contributed by atoms with van der Waals surface area (Å²) in [6.07, 6.45) is 0.373. The fraction of sp³-hybridized carbons (Fsp3) is 0.200. The van der Waals surface area contributed by atoms with E-state index in [9.17, 15) is 4.79 Å². The van der Waals surface area contributed by atoms with Gasteiger partial charge in [0, 0.05) is 11.5 Å². The van der Waals surface area contributed by atoms with E-state index in [0.29, 0.717) is 11.6 Å². The molecule has 8 heteroatoms. The first-order valence-electron chi connectivity index (χ1n) is 5.14. The average molecular weight is 265 g/mol. The number of phenolic OH excluding ortho intramolecular Hbond substituents is 1. The number of rotatable bonds is 4. The molecule has 0 radical (unpaired) electrons. The highest BCUT2D eigenvalue weighted by Gasteiger charge is 2.15. The molecule has 0 aliphatic carbocycles. The number of benzene rings is 1. The van der Waals surface area contributed by atoms with Gasteiger partial charge >= 0.3 is 0 Å². The Morgan fingerprint density at radius 3 is 2.78 bits per heavy atom. The Labute approximate surface area is 107 Å². The van der Waals surface area contributed by atoms with Crippen molar-refractivity contribution in [3.05, 3.63) is 29.8 Å². The van der Waals surface area contributed by atoms with Gasteiger partial charge in [-0.1, -0.05) is 21.7 Å². The van der Waals surface area contributed by atoms with Crippen LogP contribution in [-0.2, 0) is 11.2 Å². The van der Waals surface area contributed by atoms with Gasteiger partial charge in [0.05, 0.1) is 6.04 Å². The van der Waals surface area contributed by atoms with Gasteiger partial charge in [0.1, 0.15) is 5.75 Å². The highest BCUT2D eigenvalue weighted by Crippen LogP contribution is 2.11. The Kier molecular flexibility index (Phi) is 3.80. The van der Waals surface area contributed by atoms with Gasteiger partial charge < -0.3 is 10.8 Å². The number of aromatic nitrogens is 3. The summed E-state index contributed by atoms with van der Waals surface area (Å²) >= 11 is 0.984. The number of hydrogen-bond donors (Lipinski definition) is 3. The summed E-state index contributed by atoms with van der Waals surface area (Å²) in [5.41, 5.74) is 6.63. The number of carbonyl (C=O) groups excluding carboxylic acids is 1. The monoisotopic (exact) mass is 265 g/mol. The zero-order valence-electron chi connectivity index (χ0n) is 9.28. The van der Waals surface area contributed by atoms with Crippen molar-refractivity contribution in [1.29, 1.82) is 0 Å². The first-order chi connectivity index (χ1) is 8.65. The van der Waals surface area contributed by atoms with Crippen LogP contribution in [0.25, 0.3) is 0 Å². The quantitative estimate of drug-likeness (QED) is 0.725. The normalized spacial score (nSPS) is 12.1. The number of nitrogens with two attached hydrogens (primary N) is 1. The van der Waals surface area contributed by atoms with Crippen LogP contribution in [0.3, 0.4) is 0 Å². The van der Waals surface area contributed by atoms with Crippen molar-refractivity contribution < 1.29 is 9.90 Å². The molecule has 0 saturated heterocycles. The molecule has 1 atom stereocenters. The number of anilines is 1. The van der Waals surface area contributed by atoms with Crippen molar-refractivity contribution in [3.63, 3.8) is 0 Å². The number of carbonyl (C=O) groups is 1. The maximum absolute atomic E-state index is 11.7. The van der Waals surface area contributed by atoms with E-state index < -0.39 is 6.04 Å². The lowest BCUT2D eigenvalue weighted by atomic mass is 10.1. The number of amides is 1. The van der Waals surface area contributed by atoms with E-state index in [2.05, 4.69) is 20.1 Å². The van der Waals surface area contributed by atoms with E-state index >= 15 is 0 Å². The summed E-state index contributed by atoms with van der Waals surface area (Å²) in [7, 11) is 0. The fourth-order valence-electron chi connectivity index (χ4n) is 1.36. The third-order valence-corrected chi connectivity index (χ3v) is 2.77. The predicted octanol–water partition coefficient (Wildman–Crippen LogP) is 0.147. The van der Waals surface area contributed by atoms with Gasteiger partial charge in [-0.3, -0.25) is 10.1 Å². The molecular weight excluding hydrogens is 254 g/mol. The van der Waals surface area contributed by atoms with Gasteiger partial charge in [0.25, 0.3) is 0 Å². The molecule has 0 bridgehead atoms. The predicted molar refractivity (Wildman–Crippen MR) is 66.1 cm³/mol. The van der Waals surface area contributed by atoms with E-state index in [1.807, 2.05) is 0 Å². The third kappa shape index (κ3) is 3.22. The highest BCUT2D eigenvalue weighted by atomic mass is 32.1. The molecule has 4 N–H and O–H groups in total. The summed E-state index contributed by atoms with van der Waals surface area (Å²) in [6, 6.07) is 5.84. The van der Waals surface area contributed by atoms with Crippen molar-refractivity contribution in [2.45, 2.75) is 12.5 Å². The average Bonchev–Trinajstić information content (AvgIpc) is 2.85. The molecule has 0 spiro atoms. The molecule has 0 unspecified atom stereocenters. The highest BCUT2D eigenvalue weighted by molar-refractivity contribution is 7.09. The molecule has 0 fully saturated rings. The minimum absolute atomic E-state index is 0.178. The summed E-state index contributed by atoms with van der Waals surface area (Å²) in [6.45, 7) is 0. The minimum atomic E-state index is -0.696. The van der Waals surface area contributed by atoms with E-state index in [0.717, 1.165) is 17.1 Å². The van der Waals surface area contributed by atoms with Gasteiger partial charge in [-0.25, -0.2) is 0 Å². The molecule has 1 aromatic carbocycles. The molecule has 94 valence electrons. The van der Waals surface area contributed by atoms with E-state index in [-0.39, 0.29) is 11.7 Å². The molecule has 1 heterocycles. The van der Waals surface area contributed by atoms with Gasteiger partial charge in [-0.15, -0.1) is 0 Å². The Hall–Kier alpha value is -2.06. The van der Waals surface area contributed by atoms with Gasteiger partial charge in [-0.05, 0) is 29.3 Å². The first-order valence-corrected chi connectivity index (χ1v) is 5.92. The summed E-state index contributed by atoms with van der Waals surface area (Å²) < 4.78 is 3.53. The van der Waals surface area contributed by atoms with Crippen LogP contribution < -0.4 is 11.1 Å². The van der Waals surface area contributed by atoms with Gasteiger partial charge in [-0.2, -0.15) is 0 Å². The molecule has 7 nitrogen and oxygen atoms in total. The Bertz CT molecular complexity index is 514. The number of nitrogens with one attached hydrogen (secondary N) is 1. The van der Waals surface area contributed by atoms with Crippen molar-refractivity contribution in [3.8, 4) is 5.75 Å². The van der Waals surface area contributed by atoms with E-state index in [1.165, 1.54) is 0 Å². The molecule has 0 saturated carbocycles. The number of hydrogen-bond acceptors (Lipinski definition) is 7. The van der Waals surface area contributed by atoms with Crippen molar-refractivity contribution in [2.24, 2.45) is 5.73 Å². The molecule has 0 aliphatic rings. The van der Waals surface area contributed by atoms with Gasteiger partial charge in [0.15, 0.2) is 0 Å². The molecule has 1 amide bonds. The number of phenols is 1. The van der Waals surface area contributed by atoms with E-state index in [4.69, 9.17) is 10.8 Å². The smallest absolute Gasteiger partial charge is 0.243 e. The second kappa shape index (κ2) is 5.52. The summed E-state index contributed by atoms with van der Waals surface area (Å²) in [5.74, 6) is -0.168. The Morgan fingerprint density at radius 1 is 1.44 bits per heavy atom. The van der Waals surface area contributed by atoms with Crippen LogP contribution in [0.1, 0.15) is 5.56 Å². The second-order valence-electron chi connectivity index (χ2n) is 3.63. The van der Waals surface area contributed by atoms with Gasteiger partial charge in [0.2, 0.25) is 11.0 Å². The standard InChI is InChI=1S/C10H11N5O2S/c11-8(5-6-1-3-7(16)4-2-6)9(17)12-10-13-14-15-18-10/h1-4,8,16H,5,11H2,(H,12,13,15,17)/t8-/m1/s1. The first kappa shape index (κ1) is 12.4. The maximum atomic E-state index is 11.7. The van der Waals surface area contributed by atoms with Crippen molar-refractivity contribution in [1.82, 2.24) is 14.8 Å². The zero-order chi connectivity index (χ0) is 13.0. The molecule has 2 aromatic rings. The Morgan fingerprint density at radius 2 is 2.17 bits per heavy atom. The van der Waals surface area contributed by atoms with Crippen LogP contribution >= 0.6 is 11.5 Å². The van der Waals surface area contributed by atoms with Crippen molar-refractivity contribution in [2.75, 3.05) is 5.32 Å². The lowest BCUT2D eigenvalue weighted by Gasteiger charge is -2.10. The van der Waals surface area contributed by atoms with Crippen LogP contribution in [0, 0.1) is 0 Å². The van der Waals surface area contributed by atoms with Crippen LogP contribution in [0.4, 0.5) is 5.13 Å². The van der Waals surface area contributed by atoms with Crippen LogP contribution in [0.5, 0.6) is 5.75 Å². The fourth-order valence-corrected chi connectivity index (χ4v) is 1.73. The lowest BCUT2D eigenvalue weighted by Crippen LogP contribution is -2.37. The molecule has 1 aromatic heterocycles. The minimum Gasteiger partial charge on any atom is -0.508 e. The second-order valence-corrected chi connectivity index (χ2v) is 4.37. The Balaban J connectivity index is 1.93. The lowest BCUT2D eigenvalue weighted by molar-refractivity contribution is -0.117. The van der Waals surface area contributed by atoms with E-state index in [1.54, 1.807) is 24.3 Å². The number of aromatic hydroxyl groups is 1. The number of nitrogens with zero attached hydrogens (tertiary/aromatic N) is 3. The SMILES string of the molecule is N[C@H](Cc1ccc(O)cc1)C(=O)Nc1nnns1. The molecule has 0 aliphatic heterocycles. The largest absolute Gasteiger partial charge is 0.508 e. The van der Waals surface area contributed by atoms with Crippen LogP contribution in [-0.4, -0.2) is 31.9 Å². The maximum Gasteiger partial charge on any atom is 0.243 e. The zero-order valence-corrected chi connectivity index (χ0v) is 10.1. The topological polar surface area (TPSA) is 114 Å². The van der Waals surface area contributed by atoms with Crippen LogP contribution in [0.15, 0.2) is 24.3 Å². The molecule has 2 rings (SSSR count). The third-order valence-electron chi connectivity index (χ3n) is 2.26. The van der Waals surface area contributed by atoms with Crippen LogP contribution in [0.2, 0.25) is 0 Å². The molecular formula is C10H11N5O2S. The summed E-state index contributed by atoms with van der Waals surface area (Å²) in [5, 5.41) is 18.9. The van der Waals surface area contributed by atoms with Crippen molar-refractivity contribution >= 4 is 22.6 Å².